The molecule has 1 atom stereocenters. The molecule has 7 heteroatoms. The van der Waals surface area contributed by atoms with Gasteiger partial charge in [0.25, 0.3) is 5.91 Å². The van der Waals surface area contributed by atoms with Crippen LogP contribution in [0, 0.1) is 5.92 Å². The van der Waals surface area contributed by atoms with Crippen LogP contribution >= 0.6 is 0 Å². The molecule has 0 radical (unpaired) electrons. The smallest absolute Gasteiger partial charge is 0.274 e. The third-order valence-electron chi connectivity index (χ3n) is 3.85. The molecule has 2 fully saturated rings. The van der Waals surface area contributed by atoms with E-state index in [4.69, 9.17) is 14.2 Å². The van der Waals surface area contributed by atoms with Crippen molar-refractivity contribution in [3.63, 3.8) is 0 Å². The maximum atomic E-state index is 12.4. The van der Waals surface area contributed by atoms with Crippen LogP contribution in [0.15, 0.2) is 12.1 Å². The molecule has 2 aliphatic rings. The van der Waals surface area contributed by atoms with Gasteiger partial charge < -0.3 is 19.1 Å². The van der Waals surface area contributed by atoms with Gasteiger partial charge in [-0.05, 0) is 24.8 Å². The fourth-order valence-electron chi connectivity index (χ4n) is 2.36. The highest BCUT2D eigenvalue weighted by atomic mass is 16.5. The molecular formula is C15H21N3O4. The molecule has 0 bridgehead atoms. The van der Waals surface area contributed by atoms with Crippen molar-refractivity contribution in [2.45, 2.75) is 18.9 Å². The molecule has 2 heterocycles. The van der Waals surface area contributed by atoms with Crippen molar-refractivity contribution in [3.8, 4) is 5.88 Å². The van der Waals surface area contributed by atoms with Crippen molar-refractivity contribution in [3.05, 3.63) is 17.8 Å². The fraction of sp³-hybridized carbons (Fsp3) is 0.667. The quantitative estimate of drug-likeness (QED) is 0.772. The summed E-state index contributed by atoms with van der Waals surface area (Å²) in [6, 6.07) is 3.26. The standard InChI is InChI=1S/C15H21N3O4/c1-20-14-5-4-13(16-17-14)15(19)18-6-7-22-12(8-18)10-21-9-11-2-3-11/h4-5,11-12H,2-3,6-10H2,1H3. The Kier molecular flexibility index (Phi) is 4.84. The minimum Gasteiger partial charge on any atom is -0.480 e. The van der Waals surface area contributed by atoms with E-state index in [0.717, 1.165) is 12.5 Å². The van der Waals surface area contributed by atoms with Crippen molar-refractivity contribution in [2.24, 2.45) is 5.92 Å². The van der Waals surface area contributed by atoms with Crippen LogP contribution < -0.4 is 4.74 Å². The normalized spacial score (nSPS) is 21.7. The van der Waals surface area contributed by atoms with Gasteiger partial charge in [0.05, 0.1) is 26.4 Å². The number of morpholine rings is 1. The van der Waals surface area contributed by atoms with Crippen LogP contribution in [0.25, 0.3) is 0 Å². The van der Waals surface area contributed by atoms with Gasteiger partial charge in [-0.2, -0.15) is 0 Å². The number of methoxy groups -OCH3 is 1. The second-order valence-electron chi connectivity index (χ2n) is 5.69. The molecule has 1 saturated heterocycles. The predicted octanol–water partition coefficient (Wildman–Crippen LogP) is 0.753. The summed E-state index contributed by atoms with van der Waals surface area (Å²) in [5, 5.41) is 7.74. The molecule has 22 heavy (non-hydrogen) atoms. The van der Waals surface area contributed by atoms with E-state index in [0.29, 0.717) is 37.9 Å². The van der Waals surface area contributed by atoms with E-state index in [1.807, 2.05) is 0 Å². The third kappa shape index (κ3) is 3.92. The Labute approximate surface area is 129 Å². The Morgan fingerprint density at radius 3 is 2.91 bits per heavy atom. The number of ether oxygens (including phenoxy) is 3. The molecule has 1 aliphatic carbocycles. The Bertz CT molecular complexity index is 504. The number of amides is 1. The fourth-order valence-corrected chi connectivity index (χ4v) is 2.36. The van der Waals surface area contributed by atoms with Gasteiger partial charge >= 0.3 is 0 Å². The van der Waals surface area contributed by atoms with E-state index in [9.17, 15) is 4.79 Å². The predicted molar refractivity (Wildman–Crippen MR) is 77.8 cm³/mol. The van der Waals surface area contributed by atoms with E-state index < -0.39 is 0 Å². The molecule has 1 aliphatic heterocycles. The topological polar surface area (TPSA) is 73.8 Å². The molecule has 0 N–H and O–H groups in total. The Balaban J connectivity index is 1.51. The van der Waals surface area contributed by atoms with Crippen molar-refractivity contribution in [1.82, 2.24) is 15.1 Å². The third-order valence-corrected chi connectivity index (χ3v) is 3.85. The van der Waals surface area contributed by atoms with Crippen LogP contribution in [0.3, 0.4) is 0 Å². The maximum Gasteiger partial charge on any atom is 0.274 e. The Hall–Kier alpha value is -1.73. The molecule has 1 aromatic rings. The number of carbonyl (C=O) groups excluding carboxylic acids is 1. The monoisotopic (exact) mass is 307 g/mol. The minimum atomic E-state index is -0.134. The van der Waals surface area contributed by atoms with Crippen LogP contribution in [0.1, 0.15) is 23.3 Å². The van der Waals surface area contributed by atoms with Gasteiger partial charge in [0.15, 0.2) is 5.69 Å². The first-order valence-corrected chi connectivity index (χ1v) is 7.62. The zero-order valence-corrected chi connectivity index (χ0v) is 12.7. The summed E-state index contributed by atoms with van der Waals surface area (Å²) in [7, 11) is 1.51. The number of carbonyl (C=O) groups is 1. The number of hydrogen-bond acceptors (Lipinski definition) is 6. The lowest BCUT2D eigenvalue weighted by Gasteiger charge is -2.32. The van der Waals surface area contributed by atoms with Crippen molar-refractivity contribution in [1.29, 1.82) is 0 Å². The first-order valence-electron chi connectivity index (χ1n) is 7.62. The molecule has 1 aromatic heterocycles. The summed E-state index contributed by atoms with van der Waals surface area (Å²) in [6.07, 6.45) is 2.47. The van der Waals surface area contributed by atoms with E-state index in [1.165, 1.54) is 20.0 Å². The molecule has 1 unspecified atom stereocenters. The highest BCUT2D eigenvalue weighted by Gasteiger charge is 2.27. The Morgan fingerprint density at radius 1 is 1.36 bits per heavy atom. The van der Waals surface area contributed by atoms with Gasteiger partial charge in [-0.25, -0.2) is 0 Å². The summed E-state index contributed by atoms with van der Waals surface area (Å²) < 4.78 is 16.3. The number of nitrogens with zero attached hydrogens (tertiary/aromatic N) is 3. The lowest BCUT2D eigenvalue weighted by molar-refractivity contribution is -0.0629. The highest BCUT2D eigenvalue weighted by molar-refractivity contribution is 5.92. The van der Waals surface area contributed by atoms with E-state index in [1.54, 1.807) is 17.0 Å². The van der Waals surface area contributed by atoms with E-state index in [-0.39, 0.29) is 12.0 Å². The second kappa shape index (κ2) is 7.02. The minimum absolute atomic E-state index is 0.0670. The van der Waals surface area contributed by atoms with Gasteiger partial charge in [0.2, 0.25) is 5.88 Å². The summed E-state index contributed by atoms with van der Waals surface area (Å²) in [6.45, 7) is 2.95. The highest BCUT2D eigenvalue weighted by Crippen LogP contribution is 2.28. The van der Waals surface area contributed by atoms with Crippen molar-refractivity contribution < 1.29 is 19.0 Å². The Morgan fingerprint density at radius 2 is 2.23 bits per heavy atom. The lowest BCUT2D eigenvalue weighted by Crippen LogP contribution is -2.47. The van der Waals surface area contributed by atoms with Crippen LogP contribution in [0.4, 0.5) is 0 Å². The van der Waals surface area contributed by atoms with Gasteiger partial charge in [0.1, 0.15) is 0 Å². The van der Waals surface area contributed by atoms with E-state index >= 15 is 0 Å². The van der Waals surface area contributed by atoms with E-state index in [2.05, 4.69) is 10.2 Å². The average Bonchev–Trinajstić information content (AvgIpc) is 3.39. The first kappa shape index (κ1) is 15.2. The summed E-state index contributed by atoms with van der Waals surface area (Å²) in [5.74, 6) is 0.992. The van der Waals surface area contributed by atoms with Crippen molar-refractivity contribution in [2.75, 3.05) is 40.0 Å². The van der Waals surface area contributed by atoms with Gasteiger partial charge in [-0.1, -0.05) is 0 Å². The zero-order valence-electron chi connectivity index (χ0n) is 12.7. The molecule has 0 spiro atoms. The summed E-state index contributed by atoms with van der Waals surface area (Å²) in [4.78, 5) is 14.2. The SMILES string of the molecule is COc1ccc(C(=O)N2CCOC(COCC3CC3)C2)nn1. The second-order valence-corrected chi connectivity index (χ2v) is 5.69. The number of aromatic nitrogens is 2. The molecule has 0 aromatic carbocycles. The summed E-state index contributed by atoms with van der Waals surface area (Å²) >= 11 is 0. The average molecular weight is 307 g/mol. The largest absolute Gasteiger partial charge is 0.480 e. The lowest BCUT2D eigenvalue weighted by atomic mass is 10.2. The molecule has 1 saturated carbocycles. The molecule has 3 rings (SSSR count). The summed E-state index contributed by atoms with van der Waals surface area (Å²) in [5.41, 5.74) is 0.320. The number of rotatable bonds is 6. The number of hydrogen-bond donors (Lipinski definition) is 0. The molecule has 120 valence electrons. The van der Waals surface area contributed by atoms with Crippen LogP contribution in [0.2, 0.25) is 0 Å². The van der Waals surface area contributed by atoms with Gasteiger partial charge in [0, 0.05) is 25.8 Å². The van der Waals surface area contributed by atoms with Gasteiger partial charge in [-0.3, -0.25) is 4.79 Å². The van der Waals surface area contributed by atoms with Crippen LogP contribution in [-0.2, 0) is 9.47 Å². The molecular weight excluding hydrogens is 286 g/mol. The van der Waals surface area contributed by atoms with Crippen molar-refractivity contribution >= 4 is 5.91 Å². The zero-order chi connectivity index (χ0) is 15.4. The van der Waals surface area contributed by atoms with Crippen LogP contribution in [-0.4, -0.2) is 67.1 Å². The maximum absolute atomic E-state index is 12.4. The first-order chi connectivity index (χ1) is 10.8. The van der Waals surface area contributed by atoms with Gasteiger partial charge in [-0.15, -0.1) is 10.2 Å². The molecule has 1 amide bonds. The van der Waals surface area contributed by atoms with Crippen LogP contribution in [0.5, 0.6) is 5.88 Å². The molecule has 7 nitrogen and oxygen atoms in total.